The number of aromatic hydroxyl groups is 1. The molecule has 1 aromatic carbocycles. The first-order valence-electron chi connectivity index (χ1n) is 3.72. The Morgan fingerprint density at radius 3 is 2.54 bits per heavy atom. The maximum absolute atomic E-state index is 9.49. The molecule has 0 aliphatic heterocycles. The van der Waals surface area contributed by atoms with Gasteiger partial charge in [0, 0.05) is 7.05 Å². The van der Waals surface area contributed by atoms with Crippen LogP contribution >= 0.6 is 0 Å². The molecule has 0 fully saturated rings. The molecule has 0 bridgehead atoms. The van der Waals surface area contributed by atoms with Crippen molar-refractivity contribution in [2.24, 2.45) is 0 Å². The second kappa shape index (κ2) is 4.01. The molecule has 1 N–H and O–H groups in total. The summed E-state index contributed by atoms with van der Waals surface area (Å²) in [4.78, 5) is 0. The standard InChI is InChI=1S/C10H9NO.Na/c1-11-7-3-5-8-4-2-6-9(12)10(8)11;/h2-7,12H,1H2;/q;+1. The first kappa shape index (κ1) is 10.4. The quantitative estimate of drug-likeness (QED) is 0.298. The van der Waals surface area contributed by atoms with Gasteiger partial charge in [0.05, 0.1) is 6.20 Å². The van der Waals surface area contributed by atoms with E-state index in [1.165, 1.54) is 0 Å². The Morgan fingerprint density at radius 1 is 1.15 bits per heavy atom. The van der Waals surface area contributed by atoms with Gasteiger partial charge in [0.2, 0.25) is 0 Å². The monoisotopic (exact) mass is 182 g/mol. The first-order chi connectivity index (χ1) is 5.79. The Hall–Kier alpha value is -0.700. The van der Waals surface area contributed by atoms with Gasteiger partial charge in [-0.15, -0.1) is 0 Å². The minimum absolute atomic E-state index is 0. The predicted molar refractivity (Wildman–Crippen MR) is 46.6 cm³/mol. The van der Waals surface area contributed by atoms with Crippen LogP contribution in [-0.2, 0) is 0 Å². The summed E-state index contributed by atoms with van der Waals surface area (Å²) in [5.74, 6) is 0.267. The molecule has 0 aliphatic carbocycles. The smallest absolute Gasteiger partial charge is 0.514 e. The van der Waals surface area contributed by atoms with Crippen LogP contribution in [-0.4, -0.2) is 5.11 Å². The molecule has 1 aromatic heterocycles. The number of hydrogen-bond acceptors (Lipinski definition) is 1. The summed E-state index contributed by atoms with van der Waals surface area (Å²) in [6.45, 7) is 0. The number of hydrogen-bond donors (Lipinski definition) is 1. The van der Waals surface area contributed by atoms with E-state index in [0.717, 1.165) is 10.9 Å². The molecule has 0 spiro atoms. The molecule has 13 heavy (non-hydrogen) atoms. The van der Waals surface area contributed by atoms with E-state index in [1.54, 1.807) is 10.6 Å². The van der Waals surface area contributed by atoms with Gasteiger partial charge in [0.1, 0.15) is 5.75 Å². The van der Waals surface area contributed by atoms with E-state index in [9.17, 15) is 5.11 Å². The topological polar surface area (TPSA) is 24.1 Å². The van der Waals surface area contributed by atoms with Crippen molar-refractivity contribution in [1.82, 2.24) is 0 Å². The predicted octanol–water partition coefficient (Wildman–Crippen LogP) is -1.52. The van der Waals surface area contributed by atoms with Crippen molar-refractivity contribution >= 4 is 10.9 Å². The zero-order valence-corrected chi connectivity index (χ0v) is 9.57. The fourth-order valence-electron chi connectivity index (χ4n) is 1.32. The molecule has 1 heterocycles. The van der Waals surface area contributed by atoms with Crippen molar-refractivity contribution in [3.63, 3.8) is 0 Å². The van der Waals surface area contributed by atoms with Gasteiger partial charge in [-0.05, 0) is 11.5 Å². The summed E-state index contributed by atoms with van der Waals surface area (Å²) in [5.41, 5.74) is 0.764. The zero-order valence-electron chi connectivity index (χ0n) is 7.57. The van der Waals surface area contributed by atoms with Gasteiger partial charge in [-0.25, -0.2) is 0 Å². The number of phenols is 1. The maximum Gasteiger partial charge on any atom is 1.00 e. The van der Waals surface area contributed by atoms with Gasteiger partial charge < -0.3 is 9.67 Å². The van der Waals surface area contributed by atoms with Crippen LogP contribution in [0.25, 0.3) is 10.9 Å². The minimum atomic E-state index is 0. The summed E-state index contributed by atoms with van der Waals surface area (Å²) >= 11 is 0. The Kier molecular flexibility index (Phi) is 3.20. The summed E-state index contributed by atoms with van der Waals surface area (Å²) in [6, 6.07) is 9.25. The number of nitrogens with zero attached hydrogens (tertiary/aromatic N) is 1. The van der Waals surface area contributed by atoms with Gasteiger partial charge in [0.25, 0.3) is 0 Å². The number of phenolic OH excluding ortho intramolecular Hbond substituents is 1. The van der Waals surface area contributed by atoms with E-state index in [0.29, 0.717) is 0 Å². The average Bonchev–Trinajstić information content (AvgIpc) is 2.04. The second-order valence-corrected chi connectivity index (χ2v) is 2.69. The van der Waals surface area contributed by atoms with Crippen LogP contribution in [0.4, 0.5) is 0 Å². The van der Waals surface area contributed by atoms with E-state index >= 15 is 0 Å². The van der Waals surface area contributed by atoms with Crippen LogP contribution < -0.4 is 34.1 Å². The molecule has 0 unspecified atom stereocenters. The van der Waals surface area contributed by atoms with Gasteiger partial charge in [-0.3, -0.25) is 0 Å². The summed E-state index contributed by atoms with van der Waals surface area (Å²) in [5, 5.41) is 10.5. The molecule has 2 nitrogen and oxygen atoms in total. The van der Waals surface area contributed by atoms with E-state index in [-0.39, 0.29) is 35.3 Å². The van der Waals surface area contributed by atoms with Crippen LogP contribution in [0.3, 0.4) is 0 Å². The Labute approximate surface area is 99.1 Å². The van der Waals surface area contributed by atoms with E-state index in [4.69, 9.17) is 0 Å². The van der Waals surface area contributed by atoms with E-state index < -0.39 is 0 Å². The van der Waals surface area contributed by atoms with Crippen LogP contribution in [0, 0.1) is 7.05 Å². The molecule has 60 valence electrons. The third-order valence-electron chi connectivity index (χ3n) is 1.87. The summed E-state index contributed by atoms with van der Waals surface area (Å²) < 4.78 is 1.66. The molecular weight excluding hydrogens is 173 g/mol. The molecule has 0 aliphatic rings. The van der Waals surface area contributed by atoms with Crippen molar-refractivity contribution < 1.29 is 39.2 Å². The Bertz CT molecular complexity index is 391. The summed E-state index contributed by atoms with van der Waals surface area (Å²) in [7, 11) is 3.77. The molecule has 0 saturated heterocycles. The average molecular weight is 182 g/mol. The normalized spacial score (nSPS) is 9.54. The van der Waals surface area contributed by atoms with Crippen molar-refractivity contribution in [2.75, 3.05) is 0 Å². The number of fused-ring (bicyclic) bond motifs is 1. The fourth-order valence-corrected chi connectivity index (χ4v) is 1.32. The number of benzene rings is 1. The van der Waals surface area contributed by atoms with Crippen molar-refractivity contribution in [1.29, 1.82) is 0 Å². The van der Waals surface area contributed by atoms with Gasteiger partial charge in [-0.2, -0.15) is 0 Å². The molecule has 0 atom stereocenters. The van der Waals surface area contributed by atoms with Crippen molar-refractivity contribution in [3.05, 3.63) is 43.6 Å². The fraction of sp³-hybridized carbons (Fsp3) is 0. The largest absolute Gasteiger partial charge is 1.00 e. The number of para-hydroxylation sites is 1. The minimum Gasteiger partial charge on any atom is -0.514 e. The van der Waals surface area contributed by atoms with E-state index in [1.807, 2.05) is 30.5 Å². The van der Waals surface area contributed by atoms with Crippen LogP contribution in [0.5, 0.6) is 5.75 Å². The molecule has 2 aromatic rings. The SMILES string of the molecule is [CH2-][n+]1cccc2cccc(O)c21.[Na+]. The molecular formula is C10H9NNaO+. The van der Waals surface area contributed by atoms with Crippen LogP contribution in [0.2, 0.25) is 0 Å². The molecule has 2 rings (SSSR count). The number of rotatable bonds is 0. The first-order valence-corrected chi connectivity index (χ1v) is 3.72. The van der Waals surface area contributed by atoms with Crippen LogP contribution in [0.1, 0.15) is 0 Å². The van der Waals surface area contributed by atoms with Gasteiger partial charge in [0.15, 0.2) is 5.52 Å². The zero-order chi connectivity index (χ0) is 8.55. The molecule has 0 saturated carbocycles. The molecule has 3 heteroatoms. The third kappa shape index (κ3) is 1.80. The number of aromatic nitrogens is 1. The molecule has 0 radical (unpaired) electrons. The van der Waals surface area contributed by atoms with E-state index in [2.05, 4.69) is 7.05 Å². The van der Waals surface area contributed by atoms with Gasteiger partial charge >= 0.3 is 29.6 Å². The summed E-state index contributed by atoms with van der Waals surface area (Å²) in [6.07, 6.45) is 1.81. The van der Waals surface area contributed by atoms with Crippen LogP contribution in [0.15, 0.2) is 36.5 Å². The molecule has 0 amide bonds. The maximum atomic E-state index is 9.49. The Morgan fingerprint density at radius 2 is 1.85 bits per heavy atom. The second-order valence-electron chi connectivity index (χ2n) is 2.69. The van der Waals surface area contributed by atoms with Gasteiger partial charge in [-0.1, -0.05) is 24.3 Å². The van der Waals surface area contributed by atoms with Crippen molar-refractivity contribution in [3.8, 4) is 5.75 Å². The Balaban J connectivity index is 0.000000845. The third-order valence-corrected chi connectivity index (χ3v) is 1.87. The number of pyridine rings is 1. The van der Waals surface area contributed by atoms with Crippen molar-refractivity contribution in [2.45, 2.75) is 0 Å².